The Morgan fingerprint density at radius 1 is 0.424 bits per heavy atom. The maximum Gasteiger partial charge on any atom is 0.0541 e. The Balaban J connectivity index is 1.41. The topological polar surface area (TPSA) is 4.93 Å². The van der Waals surface area contributed by atoms with Gasteiger partial charge in [-0.2, -0.15) is 0 Å². The van der Waals surface area contributed by atoms with E-state index in [1.54, 1.807) is 0 Å². The fraction of sp³-hybridized carbons (Fsp3) is 0. The number of benzene rings is 5. The van der Waals surface area contributed by atoms with Crippen molar-refractivity contribution in [2.75, 3.05) is 0 Å². The highest BCUT2D eigenvalue weighted by atomic mass is 15.0. The van der Waals surface area contributed by atoms with Crippen LogP contribution in [0, 0.1) is 0 Å². The molecule has 33 heavy (non-hydrogen) atoms. The largest absolute Gasteiger partial charge is 0.309 e. The zero-order valence-electron chi connectivity index (χ0n) is 18.2. The second-order valence-electron chi connectivity index (χ2n) is 8.29. The van der Waals surface area contributed by atoms with Crippen LogP contribution in [0.4, 0.5) is 0 Å². The smallest absolute Gasteiger partial charge is 0.0541 e. The van der Waals surface area contributed by atoms with Gasteiger partial charge in [-0.3, -0.25) is 0 Å². The quantitative estimate of drug-likeness (QED) is 0.251. The highest BCUT2D eigenvalue weighted by Crippen LogP contribution is 2.34. The van der Waals surface area contributed by atoms with Crippen LogP contribution in [0.2, 0.25) is 0 Å². The molecule has 6 rings (SSSR count). The fourth-order valence-corrected chi connectivity index (χ4v) is 4.55. The number of fused-ring (bicyclic) bond motifs is 3. The van der Waals surface area contributed by atoms with E-state index < -0.39 is 0 Å². The Hall–Kier alpha value is -4.36. The first-order chi connectivity index (χ1) is 16.4. The van der Waals surface area contributed by atoms with Crippen molar-refractivity contribution in [3.8, 4) is 16.8 Å². The molecule has 6 aromatic rings. The van der Waals surface area contributed by atoms with E-state index >= 15 is 0 Å². The van der Waals surface area contributed by atoms with Crippen LogP contribution >= 0.6 is 0 Å². The van der Waals surface area contributed by atoms with E-state index in [2.05, 4.69) is 138 Å². The van der Waals surface area contributed by atoms with Gasteiger partial charge in [-0.05, 0) is 52.6 Å². The van der Waals surface area contributed by atoms with Crippen LogP contribution in [0.15, 0.2) is 127 Å². The summed E-state index contributed by atoms with van der Waals surface area (Å²) >= 11 is 0. The molecule has 0 spiro atoms. The van der Waals surface area contributed by atoms with Gasteiger partial charge in [0.05, 0.1) is 11.0 Å². The predicted molar refractivity (Wildman–Crippen MR) is 142 cm³/mol. The van der Waals surface area contributed by atoms with Gasteiger partial charge in [-0.1, -0.05) is 109 Å². The molecule has 0 atom stereocenters. The van der Waals surface area contributed by atoms with Crippen molar-refractivity contribution in [1.29, 1.82) is 0 Å². The summed E-state index contributed by atoms with van der Waals surface area (Å²) in [5.74, 6) is 0. The monoisotopic (exact) mass is 421 g/mol. The highest BCUT2D eigenvalue weighted by Gasteiger charge is 2.12. The van der Waals surface area contributed by atoms with E-state index in [4.69, 9.17) is 0 Å². The van der Waals surface area contributed by atoms with Gasteiger partial charge in [-0.15, -0.1) is 0 Å². The van der Waals surface area contributed by atoms with Gasteiger partial charge in [-0.25, -0.2) is 0 Å². The molecule has 0 aliphatic rings. The lowest BCUT2D eigenvalue weighted by Crippen LogP contribution is -1.92. The first-order valence-corrected chi connectivity index (χ1v) is 11.3. The van der Waals surface area contributed by atoms with Gasteiger partial charge in [0, 0.05) is 16.5 Å². The van der Waals surface area contributed by atoms with Crippen LogP contribution in [0.3, 0.4) is 0 Å². The third kappa shape index (κ3) is 3.64. The van der Waals surface area contributed by atoms with Crippen LogP contribution in [0.5, 0.6) is 0 Å². The van der Waals surface area contributed by atoms with Crippen molar-refractivity contribution < 1.29 is 0 Å². The van der Waals surface area contributed by atoms with E-state index in [0.29, 0.717) is 0 Å². The molecule has 0 fully saturated rings. The van der Waals surface area contributed by atoms with Crippen LogP contribution < -0.4 is 0 Å². The van der Waals surface area contributed by atoms with E-state index in [0.717, 1.165) is 0 Å². The van der Waals surface area contributed by atoms with Gasteiger partial charge in [0.25, 0.3) is 0 Å². The van der Waals surface area contributed by atoms with Gasteiger partial charge < -0.3 is 4.57 Å². The van der Waals surface area contributed by atoms with Crippen LogP contribution in [0.25, 0.3) is 50.8 Å². The standard InChI is InChI=1S/C32H23N/c1-3-9-24(10-4-1)15-16-25-17-19-26(20-18-25)27-21-22-32-30(23-27)29-13-7-8-14-31(29)33(32)28-11-5-2-6-12-28/h1-23H. The Morgan fingerprint density at radius 3 is 1.76 bits per heavy atom. The lowest BCUT2D eigenvalue weighted by molar-refractivity contribution is 1.18. The molecule has 0 amide bonds. The van der Waals surface area contributed by atoms with Crippen molar-refractivity contribution in [1.82, 2.24) is 4.57 Å². The maximum atomic E-state index is 2.35. The SMILES string of the molecule is C(=Cc1ccc(-c2ccc3c(c2)c2ccccc2n3-c2ccccc2)cc1)c1ccccc1. The molecule has 0 radical (unpaired) electrons. The summed E-state index contributed by atoms with van der Waals surface area (Å²) in [4.78, 5) is 0. The average Bonchev–Trinajstić information content (AvgIpc) is 3.23. The van der Waals surface area contributed by atoms with E-state index in [1.165, 1.54) is 49.7 Å². The minimum absolute atomic E-state index is 1.19. The summed E-state index contributed by atoms with van der Waals surface area (Å²) in [6.07, 6.45) is 4.31. The molecule has 0 saturated heterocycles. The van der Waals surface area contributed by atoms with Crippen molar-refractivity contribution in [3.63, 3.8) is 0 Å². The molecule has 0 aliphatic heterocycles. The number of nitrogens with zero attached hydrogens (tertiary/aromatic N) is 1. The Labute approximate surface area is 193 Å². The van der Waals surface area contributed by atoms with Gasteiger partial charge in [0.15, 0.2) is 0 Å². The number of rotatable bonds is 4. The molecule has 1 heteroatoms. The molecule has 0 saturated carbocycles. The zero-order valence-corrected chi connectivity index (χ0v) is 18.2. The van der Waals surface area contributed by atoms with Crippen LogP contribution in [-0.4, -0.2) is 4.57 Å². The molecule has 1 aromatic heterocycles. The number of hydrogen-bond acceptors (Lipinski definition) is 0. The molecule has 156 valence electrons. The van der Waals surface area contributed by atoms with E-state index in [1.807, 2.05) is 6.07 Å². The summed E-state index contributed by atoms with van der Waals surface area (Å²) in [6, 6.07) is 45.3. The summed E-state index contributed by atoms with van der Waals surface area (Å²) in [7, 11) is 0. The Bertz CT molecular complexity index is 1570. The lowest BCUT2D eigenvalue weighted by atomic mass is 10.0. The van der Waals surface area contributed by atoms with Crippen molar-refractivity contribution in [2.45, 2.75) is 0 Å². The summed E-state index contributed by atoms with van der Waals surface area (Å²) < 4.78 is 2.35. The Morgan fingerprint density at radius 2 is 1.00 bits per heavy atom. The minimum Gasteiger partial charge on any atom is -0.309 e. The lowest BCUT2D eigenvalue weighted by Gasteiger charge is -2.08. The molecule has 1 nitrogen and oxygen atoms in total. The molecule has 5 aromatic carbocycles. The summed E-state index contributed by atoms with van der Waals surface area (Å²) in [6.45, 7) is 0. The number of para-hydroxylation sites is 2. The third-order valence-electron chi connectivity index (χ3n) is 6.20. The molecule has 0 bridgehead atoms. The van der Waals surface area contributed by atoms with E-state index in [-0.39, 0.29) is 0 Å². The van der Waals surface area contributed by atoms with Gasteiger partial charge in [0.2, 0.25) is 0 Å². The average molecular weight is 422 g/mol. The Kier molecular flexibility index (Phi) is 4.86. The third-order valence-corrected chi connectivity index (χ3v) is 6.20. The molecular weight excluding hydrogens is 398 g/mol. The number of aromatic nitrogens is 1. The summed E-state index contributed by atoms with van der Waals surface area (Å²) in [5, 5.41) is 2.56. The normalized spacial score (nSPS) is 11.5. The van der Waals surface area contributed by atoms with Gasteiger partial charge in [0.1, 0.15) is 0 Å². The van der Waals surface area contributed by atoms with Crippen LogP contribution in [-0.2, 0) is 0 Å². The van der Waals surface area contributed by atoms with Gasteiger partial charge >= 0.3 is 0 Å². The van der Waals surface area contributed by atoms with Crippen molar-refractivity contribution in [3.05, 3.63) is 139 Å². The van der Waals surface area contributed by atoms with Crippen molar-refractivity contribution in [2.24, 2.45) is 0 Å². The predicted octanol–water partition coefficient (Wildman–Crippen LogP) is 8.62. The second-order valence-corrected chi connectivity index (χ2v) is 8.29. The molecule has 0 unspecified atom stereocenters. The highest BCUT2D eigenvalue weighted by molar-refractivity contribution is 6.10. The molecular formula is C32H23N. The van der Waals surface area contributed by atoms with Crippen LogP contribution in [0.1, 0.15) is 11.1 Å². The first kappa shape index (κ1) is 19.3. The fourth-order valence-electron chi connectivity index (χ4n) is 4.55. The number of hydrogen-bond donors (Lipinski definition) is 0. The maximum absolute atomic E-state index is 2.35. The molecule has 1 heterocycles. The minimum atomic E-state index is 1.19. The molecule has 0 N–H and O–H groups in total. The van der Waals surface area contributed by atoms with E-state index in [9.17, 15) is 0 Å². The first-order valence-electron chi connectivity index (χ1n) is 11.3. The summed E-state index contributed by atoms with van der Waals surface area (Å²) in [5.41, 5.74) is 8.52. The van der Waals surface area contributed by atoms with Crippen molar-refractivity contribution >= 4 is 34.0 Å². The molecule has 0 aliphatic carbocycles. The second kappa shape index (κ2) is 8.29. The zero-order chi connectivity index (χ0) is 22.0.